The standard InChI is InChI=1S/C19H19N3O3/c1-12-8-9-15-14(10-12)18(23)17(21-22(15)2)19(24)20-11-13-6-4-5-7-16(13)25-3/h4-10H,11H2,1-3H3,(H,20,24). The lowest BCUT2D eigenvalue weighted by molar-refractivity contribution is 0.0942. The van der Waals surface area contributed by atoms with E-state index in [1.165, 1.54) is 0 Å². The maximum atomic E-state index is 12.6. The molecular formula is C19H19N3O3. The van der Waals surface area contributed by atoms with Gasteiger partial charge in [0.1, 0.15) is 5.75 Å². The van der Waals surface area contributed by atoms with E-state index in [2.05, 4.69) is 10.4 Å². The highest BCUT2D eigenvalue weighted by atomic mass is 16.5. The van der Waals surface area contributed by atoms with E-state index in [0.29, 0.717) is 16.7 Å². The molecule has 3 rings (SSSR count). The van der Waals surface area contributed by atoms with E-state index in [9.17, 15) is 9.59 Å². The van der Waals surface area contributed by atoms with Crippen molar-refractivity contribution in [2.24, 2.45) is 7.05 Å². The molecule has 0 spiro atoms. The Labute approximate surface area is 145 Å². The summed E-state index contributed by atoms with van der Waals surface area (Å²) in [4.78, 5) is 25.1. The summed E-state index contributed by atoms with van der Waals surface area (Å²) in [7, 11) is 3.29. The summed E-state index contributed by atoms with van der Waals surface area (Å²) in [5.41, 5.74) is 1.99. The normalized spacial score (nSPS) is 10.7. The summed E-state index contributed by atoms with van der Waals surface area (Å²) in [6, 6.07) is 12.9. The average molecular weight is 337 g/mol. The SMILES string of the molecule is COc1ccccc1CNC(=O)c1nn(C)c2ccc(C)cc2c1=O. The Morgan fingerprint density at radius 2 is 2.00 bits per heavy atom. The van der Waals surface area contributed by atoms with Crippen LogP contribution in [0.5, 0.6) is 5.75 Å². The van der Waals surface area contributed by atoms with E-state index in [0.717, 1.165) is 11.1 Å². The zero-order valence-corrected chi connectivity index (χ0v) is 14.4. The summed E-state index contributed by atoms with van der Waals surface area (Å²) >= 11 is 0. The fourth-order valence-electron chi connectivity index (χ4n) is 2.75. The number of hydrogen-bond acceptors (Lipinski definition) is 4. The number of aromatic nitrogens is 2. The molecule has 1 N–H and O–H groups in total. The largest absolute Gasteiger partial charge is 0.496 e. The second kappa shape index (κ2) is 6.76. The number of benzene rings is 2. The lowest BCUT2D eigenvalue weighted by Crippen LogP contribution is -2.31. The first-order valence-corrected chi connectivity index (χ1v) is 7.89. The number of hydrogen-bond donors (Lipinski definition) is 1. The molecule has 0 fully saturated rings. The molecule has 6 nitrogen and oxygen atoms in total. The Bertz CT molecular complexity index is 1010. The van der Waals surface area contributed by atoms with Gasteiger partial charge >= 0.3 is 0 Å². The zero-order chi connectivity index (χ0) is 18.0. The smallest absolute Gasteiger partial charge is 0.276 e. The van der Waals surface area contributed by atoms with E-state index in [-0.39, 0.29) is 17.7 Å². The van der Waals surface area contributed by atoms with Crippen LogP contribution in [0, 0.1) is 6.92 Å². The van der Waals surface area contributed by atoms with Crippen molar-refractivity contribution in [1.29, 1.82) is 0 Å². The second-order valence-electron chi connectivity index (χ2n) is 5.82. The van der Waals surface area contributed by atoms with Gasteiger partial charge in [-0.05, 0) is 25.1 Å². The van der Waals surface area contributed by atoms with Crippen molar-refractivity contribution in [3.05, 3.63) is 69.5 Å². The number of ether oxygens (including phenoxy) is 1. The minimum absolute atomic E-state index is 0.115. The Hall–Kier alpha value is -3.15. The molecule has 0 radical (unpaired) electrons. The summed E-state index contributed by atoms with van der Waals surface area (Å²) in [6.07, 6.45) is 0. The molecule has 1 heterocycles. The van der Waals surface area contributed by atoms with Crippen LogP contribution in [0.4, 0.5) is 0 Å². The molecule has 1 aromatic heterocycles. The fourth-order valence-corrected chi connectivity index (χ4v) is 2.75. The van der Waals surface area contributed by atoms with Crippen LogP contribution in [0.15, 0.2) is 47.3 Å². The number of amides is 1. The molecule has 0 aliphatic rings. The number of para-hydroxylation sites is 1. The number of carbonyl (C=O) groups excluding carboxylic acids is 1. The molecule has 0 unspecified atom stereocenters. The van der Waals surface area contributed by atoms with Crippen LogP contribution in [0.25, 0.3) is 10.9 Å². The highest BCUT2D eigenvalue weighted by molar-refractivity contribution is 5.95. The van der Waals surface area contributed by atoms with Crippen molar-refractivity contribution in [3.63, 3.8) is 0 Å². The number of fused-ring (bicyclic) bond motifs is 1. The van der Waals surface area contributed by atoms with Gasteiger partial charge in [0.15, 0.2) is 5.69 Å². The van der Waals surface area contributed by atoms with E-state index in [1.807, 2.05) is 43.3 Å². The number of rotatable bonds is 4. The fraction of sp³-hybridized carbons (Fsp3) is 0.211. The van der Waals surface area contributed by atoms with E-state index in [1.54, 1.807) is 24.9 Å². The van der Waals surface area contributed by atoms with E-state index in [4.69, 9.17) is 4.74 Å². The monoisotopic (exact) mass is 337 g/mol. The number of aryl methyl sites for hydroxylation is 2. The lowest BCUT2D eigenvalue weighted by Gasteiger charge is -2.11. The van der Waals surface area contributed by atoms with Gasteiger partial charge in [0.05, 0.1) is 18.0 Å². The van der Waals surface area contributed by atoms with Crippen molar-refractivity contribution in [3.8, 4) is 5.75 Å². The topological polar surface area (TPSA) is 73.2 Å². The number of methoxy groups -OCH3 is 1. The second-order valence-corrected chi connectivity index (χ2v) is 5.82. The first-order valence-electron chi connectivity index (χ1n) is 7.89. The third kappa shape index (κ3) is 3.24. The van der Waals surface area contributed by atoms with Crippen molar-refractivity contribution >= 4 is 16.8 Å². The van der Waals surface area contributed by atoms with Crippen molar-refractivity contribution < 1.29 is 9.53 Å². The van der Waals surface area contributed by atoms with Crippen LogP contribution >= 0.6 is 0 Å². The molecule has 0 saturated carbocycles. The minimum atomic E-state index is -0.505. The van der Waals surface area contributed by atoms with Crippen LogP contribution in [0.1, 0.15) is 21.6 Å². The molecule has 0 saturated heterocycles. The first-order chi connectivity index (χ1) is 12.0. The van der Waals surface area contributed by atoms with Crippen LogP contribution in [-0.2, 0) is 13.6 Å². The van der Waals surface area contributed by atoms with Crippen LogP contribution in [-0.4, -0.2) is 22.8 Å². The van der Waals surface area contributed by atoms with Gasteiger partial charge in [-0.1, -0.05) is 29.8 Å². The van der Waals surface area contributed by atoms with Gasteiger partial charge in [-0.3, -0.25) is 14.3 Å². The molecule has 6 heteroatoms. The molecule has 128 valence electrons. The predicted octanol–water partition coefficient (Wildman–Crippen LogP) is 2.18. The summed E-state index contributed by atoms with van der Waals surface area (Å²) in [5, 5.41) is 7.37. The lowest BCUT2D eigenvalue weighted by atomic mass is 10.1. The quantitative estimate of drug-likeness (QED) is 0.792. The molecule has 3 aromatic rings. The number of nitrogens with one attached hydrogen (secondary N) is 1. The molecule has 25 heavy (non-hydrogen) atoms. The highest BCUT2D eigenvalue weighted by Crippen LogP contribution is 2.17. The Balaban J connectivity index is 1.92. The van der Waals surface area contributed by atoms with Gasteiger partial charge in [-0.15, -0.1) is 0 Å². The molecule has 1 amide bonds. The molecule has 0 aliphatic carbocycles. The summed E-state index contributed by atoms with van der Waals surface area (Å²) in [6.45, 7) is 2.15. The zero-order valence-electron chi connectivity index (χ0n) is 14.4. The van der Waals surface area contributed by atoms with Crippen molar-refractivity contribution in [2.75, 3.05) is 7.11 Å². The maximum absolute atomic E-state index is 12.6. The minimum Gasteiger partial charge on any atom is -0.496 e. The number of nitrogens with zero attached hydrogens (tertiary/aromatic N) is 2. The van der Waals surface area contributed by atoms with Crippen LogP contribution in [0.2, 0.25) is 0 Å². The van der Waals surface area contributed by atoms with Crippen molar-refractivity contribution in [2.45, 2.75) is 13.5 Å². The Morgan fingerprint density at radius 3 is 2.76 bits per heavy atom. The molecule has 0 bridgehead atoms. The highest BCUT2D eigenvalue weighted by Gasteiger charge is 2.17. The van der Waals surface area contributed by atoms with E-state index < -0.39 is 5.91 Å². The van der Waals surface area contributed by atoms with Crippen LogP contribution < -0.4 is 15.5 Å². The third-order valence-electron chi connectivity index (χ3n) is 4.06. The number of carbonyl (C=O) groups is 1. The van der Waals surface area contributed by atoms with Crippen molar-refractivity contribution in [1.82, 2.24) is 15.1 Å². The third-order valence-corrected chi connectivity index (χ3v) is 4.06. The van der Waals surface area contributed by atoms with E-state index >= 15 is 0 Å². The van der Waals surface area contributed by atoms with Gasteiger partial charge < -0.3 is 10.1 Å². The first kappa shape index (κ1) is 16.7. The van der Waals surface area contributed by atoms with Gasteiger partial charge in [-0.25, -0.2) is 0 Å². The average Bonchev–Trinajstić information content (AvgIpc) is 2.62. The van der Waals surface area contributed by atoms with Gasteiger partial charge in [0, 0.05) is 19.2 Å². The summed E-state index contributed by atoms with van der Waals surface area (Å²) < 4.78 is 6.81. The summed E-state index contributed by atoms with van der Waals surface area (Å²) in [5.74, 6) is 0.174. The molecule has 2 aromatic carbocycles. The Morgan fingerprint density at radius 1 is 1.24 bits per heavy atom. The Kier molecular flexibility index (Phi) is 4.52. The predicted molar refractivity (Wildman–Crippen MR) is 95.9 cm³/mol. The molecular weight excluding hydrogens is 318 g/mol. The van der Waals surface area contributed by atoms with Gasteiger partial charge in [0.2, 0.25) is 5.43 Å². The maximum Gasteiger partial charge on any atom is 0.276 e. The van der Waals surface area contributed by atoms with Gasteiger partial charge in [0.25, 0.3) is 5.91 Å². The molecule has 0 aliphatic heterocycles. The van der Waals surface area contributed by atoms with Gasteiger partial charge in [-0.2, -0.15) is 5.10 Å². The van der Waals surface area contributed by atoms with Crippen LogP contribution in [0.3, 0.4) is 0 Å². The molecule has 0 atom stereocenters.